The first-order chi connectivity index (χ1) is 14.0. The average Bonchev–Trinajstić information content (AvgIpc) is 3.06. The van der Waals surface area contributed by atoms with Crippen molar-refractivity contribution in [2.75, 3.05) is 0 Å². The van der Waals surface area contributed by atoms with Crippen LogP contribution >= 0.6 is 0 Å². The molecule has 158 valence electrons. The first kappa shape index (κ1) is 21.5. The smallest absolute Gasteiger partial charge is 0.416 e. The molecule has 0 saturated carbocycles. The summed E-state index contributed by atoms with van der Waals surface area (Å²) in [6.07, 6.45) is -4.38. The second-order valence-electron chi connectivity index (χ2n) is 7.51. The van der Waals surface area contributed by atoms with Crippen LogP contribution < -0.4 is 4.74 Å². The fourth-order valence-electron chi connectivity index (χ4n) is 2.88. The molecule has 1 N–H and O–H groups in total. The number of alkyl halides is 3. The molecule has 4 nitrogen and oxygen atoms in total. The molecule has 0 aliphatic heterocycles. The zero-order chi connectivity index (χ0) is 22.1. The largest absolute Gasteiger partial charge is 0.489 e. The molecule has 0 saturated heterocycles. The third-order valence-electron chi connectivity index (χ3n) is 5.02. The first-order valence-electron chi connectivity index (χ1n) is 9.22. The summed E-state index contributed by atoms with van der Waals surface area (Å²) in [5, 5.41) is 9.30. The Labute approximate surface area is 171 Å². The second kappa shape index (κ2) is 7.89. The lowest BCUT2D eigenvalue weighted by Gasteiger charge is -2.19. The number of benzene rings is 2. The predicted molar refractivity (Wildman–Crippen MR) is 105 cm³/mol. The molecule has 2 aromatic carbocycles. The van der Waals surface area contributed by atoms with Gasteiger partial charge in [-0.05, 0) is 56.7 Å². The third-order valence-corrected chi connectivity index (χ3v) is 5.02. The maximum Gasteiger partial charge on any atom is 0.416 e. The zero-order valence-electron chi connectivity index (χ0n) is 16.7. The topological polar surface area (TPSA) is 59.7 Å². The van der Waals surface area contributed by atoms with E-state index in [0.29, 0.717) is 28.4 Å². The highest BCUT2D eigenvalue weighted by Gasteiger charge is 2.30. The molecule has 0 spiro atoms. The fraction of sp³-hybridized carbons (Fsp3) is 0.261. The summed E-state index contributed by atoms with van der Waals surface area (Å²) in [4.78, 5) is 11.3. The van der Waals surface area contributed by atoms with Gasteiger partial charge in [-0.15, -0.1) is 0 Å². The van der Waals surface area contributed by atoms with Crippen molar-refractivity contribution < 1.29 is 32.2 Å². The highest BCUT2D eigenvalue weighted by atomic mass is 19.4. The minimum Gasteiger partial charge on any atom is -0.489 e. The van der Waals surface area contributed by atoms with Crippen molar-refractivity contribution in [2.24, 2.45) is 0 Å². The van der Waals surface area contributed by atoms with Gasteiger partial charge >= 0.3 is 12.1 Å². The fourth-order valence-corrected chi connectivity index (χ4v) is 2.88. The summed E-state index contributed by atoms with van der Waals surface area (Å²) in [6, 6.07) is 13.3. The van der Waals surface area contributed by atoms with Crippen LogP contribution in [0.2, 0.25) is 0 Å². The van der Waals surface area contributed by atoms with Crippen molar-refractivity contribution in [3.05, 3.63) is 77.0 Å². The predicted octanol–water partition coefficient (Wildman–Crippen LogP) is 6.22. The second-order valence-corrected chi connectivity index (χ2v) is 7.51. The van der Waals surface area contributed by atoms with Crippen molar-refractivity contribution >= 4 is 5.97 Å². The van der Waals surface area contributed by atoms with Crippen LogP contribution in [0.1, 0.15) is 36.3 Å². The van der Waals surface area contributed by atoms with Gasteiger partial charge in [-0.25, -0.2) is 0 Å². The molecule has 0 aliphatic carbocycles. The number of carboxylic acids is 1. The number of furan rings is 1. The molecule has 1 heterocycles. The summed E-state index contributed by atoms with van der Waals surface area (Å²) in [5.74, 6) is 0.713. The van der Waals surface area contributed by atoms with Crippen molar-refractivity contribution in [3.63, 3.8) is 0 Å². The van der Waals surface area contributed by atoms with Crippen molar-refractivity contribution in [1.29, 1.82) is 0 Å². The highest BCUT2D eigenvalue weighted by molar-refractivity contribution is 5.80. The summed E-state index contributed by atoms with van der Waals surface area (Å²) in [6.45, 7) is 5.22. The molecule has 0 radical (unpaired) electrons. The first-order valence-corrected chi connectivity index (χ1v) is 9.22. The molecule has 3 rings (SSSR count). The van der Waals surface area contributed by atoms with Gasteiger partial charge in [0.1, 0.15) is 23.9 Å². The Morgan fingerprint density at radius 3 is 2.10 bits per heavy atom. The number of carbonyl (C=O) groups is 1. The number of aryl methyl sites for hydroxylation is 1. The van der Waals surface area contributed by atoms with Crippen LogP contribution in [-0.4, -0.2) is 11.1 Å². The number of carboxylic acid groups (broad SMARTS) is 1. The van der Waals surface area contributed by atoms with E-state index < -0.39 is 23.1 Å². The number of hydrogen-bond acceptors (Lipinski definition) is 3. The van der Waals surface area contributed by atoms with Gasteiger partial charge in [0, 0.05) is 11.1 Å². The van der Waals surface area contributed by atoms with Crippen molar-refractivity contribution in [3.8, 4) is 17.1 Å². The monoisotopic (exact) mass is 418 g/mol. The molecule has 0 bridgehead atoms. The molecule has 7 heteroatoms. The van der Waals surface area contributed by atoms with Crippen LogP contribution in [0.3, 0.4) is 0 Å². The van der Waals surface area contributed by atoms with E-state index in [-0.39, 0.29) is 6.61 Å². The van der Waals surface area contributed by atoms with Gasteiger partial charge in [0.15, 0.2) is 0 Å². The Hall–Kier alpha value is -3.22. The maximum atomic E-state index is 12.7. The summed E-state index contributed by atoms with van der Waals surface area (Å²) in [7, 11) is 0. The van der Waals surface area contributed by atoms with Gasteiger partial charge in [0.05, 0.1) is 11.0 Å². The number of ether oxygens (including phenoxy) is 1. The van der Waals surface area contributed by atoms with E-state index in [1.807, 2.05) is 0 Å². The Bertz CT molecular complexity index is 1030. The van der Waals surface area contributed by atoms with Crippen LogP contribution in [0, 0.1) is 6.92 Å². The van der Waals surface area contributed by atoms with E-state index in [9.17, 15) is 23.1 Å². The van der Waals surface area contributed by atoms with Gasteiger partial charge in [0.2, 0.25) is 0 Å². The maximum absolute atomic E-state index is 12.7. The molecule has 0 fully saturated rings. The van der Waals surface area contributed by atoms with Crippen LogP contribution in [0.5, 0.6) is 5.75 Å². The Morgan fingerprint density at radius 1 is 1.00 bits per heavy atom. The molecule has 0 unspecified atom stereocenters. The van der Waals surface area contributed by atoms with Crippen LogP contribution in [0.25, 0.3) is 11.3 Å². The summed E-state index contributed by atoms with van der Waals surface area (Å²) in [5.41, 5.74) is 0.243. The third kappa shape index (κ3) is 4.50. The van der Waals surface area contributed by atoms with Crippen molar-refractivity contribution in [1.82, 2.24) is 0 Å². The van der Waals surface area contributed by atoms with Gasteiger partial charge < -0.3 is 14.3 Å². The molecule has 1 aromatic heterocycles. The lowest BCUT2D eigenvalue weighted by Crippen LogP contribution is -2.28. The van der Waals surface area contributed by atoms with E-state index in [2.05, 4.69) is 0 Å². The summed E-state index contributed by atoms with van der Waals surface area (Å²) < 4.78 is 49.6. The van der Waals surface area contributed by atoms with Crippen LogP contribution in [-0.2, 0) is 23.0 Å². The molecular formula is C23H21F3O4. The highest BCUT2D eigenvalue weighted by Crippen LogP contribution is 2.32. The van der Waals surface area contributed by atoms with E-state index in [0.717, 1.165) is 17.7 Å². The van der Waals surface area contributed by atoms with Gasteiger partial charge in [-0.3, -0.25) is 4.79 Å². The van der Waals surface area contributed by atoms with Gasteiger partial charge in [0.25, 0.3) is 0 Å². The molecule has 0 amide bonds. The van der Waals surface area contributed by atoms with E-state index in [1.54, 1.807) is 51.1 Å². The number of halogens is 3. The molecule has 0 atom stereocenters. The van der Waals surface area contributed by atoms with Crippen LogP contribution in [0.4, 0.5) is 13.2 Å². The quantitative estimate of drug-likeness (QED) is 0.517. The number of rotatable bonds is 6. The molecule has 3 aromatic rings. The van der Waals surface area contributed by atoms with Crippen molar-refractivity contribution in [2.45, 2.75) is 39.0 Å². The van der Waals surface area contributed by atoms with Gasteiger partial charge in [-0.2, -0.15) is 13.2 Å². The number of aliphatic carboxylic acids is 1. The van der Waals surface area contributed by atoms with Gasteiger partial charge in [-0.1, -0.05) is 24.3 Å². The SMILES string of the molecule is Cc1oc(-c2ccc(C(F)(F)F)cc2)cc1COc1ccc(C(C)(C)C(=O)O)cc1. The minimum atomic E-state index is -4.38. The Kier molecular flexibility index (Phi) is 5.65. The molecular weight excluding hydrogens is 397 g/mol. The standard InChI is InChI=1S/C23H21F3O4/c1-14-16(12-20(30-14)15-4-6-18(7-5-15)23(24,25)26)13-29-19-10-8-17(9-11-19)22(2,3)21(27)28/h4-12H,13H2,1-3H3,(H,27,28). The number of hydrogen-bond donors (Lipinski definition) is 1. The van der Waals surface area contributed by atoms with E-state index >= 15 is 0 Å². The lowest BCUT2D eigenvalue weighted by atomic mass is 9.85. The molecule has 30 heavy (non-hydrogen) atoms. The normalized spacial score (nSPS) is 12.1. The summed E-state index contributed by atoms with van der Waals surface area (Å²) >= 11 is 0. The van der Waals surface area contributed by atoms with Crippen LogP contribution in [0.15, 0.2) is 59.0 Å². The minimum absolute atomic E-state index is 0.206. The Balaban J connectivity index is 1.70. The van der Waals surface area contributed by atoms with E-state index in [4.69, 9.17) is 9.15 Å². The van der Waals surface area contributed by atoms with E-state index in [1.165, 1.54) is 12.1 Å². The Morgan fingerprint density at radius 2 is 1.57 bits per heavy atom. The zero-order valence-corrected chi connectivity index (χ0v) is 16.7. The average molecular weight is 418 g/mol. The lowest BCUT2D eigenvalue weighted by molar-refractivity contribution is -0.142. The molecule has 0 aliphatic rings.